The first kappa shape index (κ1) is 10.2. The second-order valence-electron chi connectivity index (χ2n) is 2.49. The Morgan fingerprint density at radius 2 is 1.58 bits per heavy atom. The Morgan fingerprint density at radius 3 is 1.92 bits per heavy atom. The molecule has 0 unspecified atom stereocenters. The highest BCUT2D eigenvalue weighted by Crippen LogP contribution is 2.11. The first-order valence-corrected chi connectivity index (χ1v) is 7.30. The number of hydrogen-bond donors (Lipinski definition) is 0. The van der Waals surface area contributed by atoms with Gasteiger partial charge in [-0.25, -0.2) is 8.42 Å². The Kier molecular flexibility index (Phi) is 2.67. The molecule has 0 N–H and O–H groups in total. The maximum absolute atomic E-state index is 10.9. The molecule has 1 saturated heterocycles. The van der Waals surface area contributed by atoms with E-state index in [1.54, 1.807) is 0 Å². The third-order valence-electron chi connectivity index (χ3n) is 1.61. The van der Waals surface area contributed by atoms with E-state index >= 15 is 0 Å². The van der Waals surface area contributed by atoms with Gasteiger partial charge in [0.25, 0.3) is 9.24 Å². The number of nitrogens with zero attached hydrogens (tertiary/aromatic N) is 1. The van der Waals surface area contributed by atoms with Gasteiger partial charge in [0, 0.05) is 23.8 Å². The van der Waals surface area contributed by atoms with Crippen LogP contribution >= 0.6 is 10.7 Å². The summed E-state index contributed by atoms with van der Waals surface area (Å²) in [6.45, 7) is -0.0671. The van der Waals surface area contributed by atoms with E-state index in [2.05, 4.69) is 0 Å². The summed E-state index contributed by atoms with van der Waals surface area (Å²) in [5.41, 5.74) is 0. The lowest BCUT2D eigenvalue weighted by Crippen LogP contribution is -2.41. The summed E-state index contributed by atoms with van der Waals surface area (Å²) in [7, 11) is -1.77. The van der Waals surface area contributed by atoms with Crippen LogP contribution in [0.4, 0.5) is 0 Å². The third-order valence-corrected chi connectivity index (χ3v) is 4.79. The fourth-order valence-corrected chi connectivity index (χ4v) is 3.38. The van der Waals surface area contributed by atoms with Gasteiger partial charge in [-0.15, -0.1) is 0 Å². The summed E-state index contributed by atoms with van der Waals surface area (Å²) >= 11 is 0. The van der Waals surface area contributed by atoms with Crippen molar-refractivity contribution in [2.75, 3.05) is 24.6 Å². The Morgan fingerprint density at radius 1 is 1.17 bits per heavy atom. The minimum absolute atomic E-state index is 0.0336. The van der Waals surface area contributed by atoms with E-state index < -0.39 is 19.1 Å². The smallest absolute Gasteiger partial charge is 0.229 e. The van der Waals surface area contributed by atoms with E-state index in [1.807, 2.05) is 0 Å². The average molecular weight is 234 g/mol. The van der Waals surface area contributed by atoms with Crippen LogP contribution in [0.2, 0.25) is 0 Å². The van der Waals surface area contributed by atoms with Gasteiger partial charge in [0.05, 0.1) is 11.5 Å². The summed E-state index contributed by atoms with van der Waals surface area (Å²) in [5, 5.41) is 0. The lowest BCUT2D eigenvalue weighted by atomic mass is 10.6. The van der Waals surface area contributed by atoms with Gasteiger partial charge >= 0.3 is 0 Å². The van der Waals surface area contributed by atoms with Gasteiger partial charge in [-0.05, 0) is 0 Å². The second kappa shape index (κ2) is 3.13. The third kappa shape index (κ3) is 2.58. The molecular weight excluding hydrogens is 226 g/mol. The van der Waals surface area contributed by atoms with Crippen molar-refractivity contribution in [3.63, 3.8) is 0 Å². The molecule has 0 aromatic rings. The van der Waals surface area contributed by atoms with Crippen molar-refractivity contribution >= 4 is 29.8 Å². The molecule has 1 rings (SSSR count). The minimum atomic E-state index is -3.73. The van der Waals surface area contributed by atoms with E-state index in [0.29, 0.717) is 0 Å². The fraction of sp³-hybridized carbons (Fsp3) is 1.00. The number of hydrogen-bond acceptors (Lipinski definition) is 4. The van der Waals surface area contributed by atoms with Gasteiger partial charge in [0.2, 0.25) is 0 Å². The predicted octanol–water partition coefficient (Wildman–Crippen LogP) is -0.800. The number of rotatable bonds is 1. The van der Waals surface area contributed by atoms with Crippen molar-refractivity contribution in [1.29, 1.82) is 0 Å². The van der Waals surface area contributed by atoms with Gasteiger partial charge in [-0.3, -0.25) is 0 Å². The van der Waals surface area contributed by atoms with Crippen LogP contribution in [0.5, 0.6) is 0 Å². The van der Waals surface area contributed by atoms with Crippen molar-refractivity contribution in [3.8, 4) is 0 Å². The first-order chi connectivity index (χ1) is 5.31. The van der Waals surface area contributed by atoms with E-state index in [4.69, 9.17) is 10.7 Å². The van der Waals surface area contributed by atoms with Crippen molar-refractivity contribution in [1.82, 2.24) is 4.31 Å². The van der Waals surface area contributed by atoms with Gasteiger partial charge in [-0.2, -0.15) is 12.7 Å². The van der Waals surface area contributed by atoms with Crippen LogP contribution < -0.4 is 0 Å². The predicted molar refractivity (Wildman–Crippen MR) is 45.0 cm³/mol. The largest absolute Gasteiger partial charge is 0.299 e. The van der Waals surface area contributed by atoms with Crippen molar-refractivity contribution in [2.45, 2.75) is 0 Å². The van der Waals surface area contributed by atoms with Crippen molar-refractivity contribution in [2.24, 2.45) is 0 Å². The summed E-state index contributed by atoms with van der Waals surface area (Å²) in [6.07, 6.45) is 0. The average Bonchev–Trinajstić information content (AvgIpc) is 1.83. The zero-order valence-electron chi connectivity index (χ0n) is 6.10. The molecule has 1 fully saturated rings. The summed E-state index contributed by atoms with van der Waals surface area (Å²) in [4.78, 5) is 0. The highest BCUT2D eigenvalue weighted by atomic mass is 35.7. The van der Waals surface area contributed by atoms with Crippen LogP contribution in [0.15, 0.2) is 0 Å². The molecular formula is C4H8ClNO4S2. The Balaban J connectivity index is 2.71. The molecule has 5 nitrogen and oxygen atoms in total. The monoisotopic (exact) mass is 233 g/mol. The molecule has 12 heavy (non-hydrogen) atoms. The molecule has 0 radical (unpaired) electrons. The van der Waals surface area contributed by atoms with Crippen LogP contribution in [0, 0.1) is 0 Å². The van der Waals surface area contributed by atoms with Crippen LogP contribution in [0.1, 0.15) is 0 Å². The lowest BCUT2D eigenvalue weighted by molar-refractivity contribution is 0.441. The molecule has 0 bridgehead atoms. The van der Waals surface area contributed by atoms with Gasteiger partial charge in [0.1, 0.15) is 0 Å². The number of sulfone groups is 1. The van der Waals surface area contributed by atoms with E-state index in [1.165, 1.54) is 0 Å². The molecule has 1 aliphatic heterocycles. The molecule has 0 aromatic heterocycles. The Labute approximate surface area is 75.8 Å². The van der Waals surface area contributed by atoms with E-state index in [-0.39, 0.29) is 24.6 Å². The maximum Gasteiger partial charge on any atom is 0.299 e. The zero-order valence-corrected chi connectivity index (χ0v) is 8.49. The summed E-state index contributed by atoms with van der Waals surface area (Å²) in [5.74, 6) is -0.280. The molecule has 0 atom stereocenters. The fourth-order valence-electron chi connectivity index (χ4n) is 0.914. The molecule has 8 heteroatoms. The highest BCUT2D eigenvalue weighted by molar-refractivity contribution is 8.11. The van der Waals surface area contributed by atoms with E-state index in [0.717, 1.165) is 4.31 Å². The standard InChI is InChI=1S/C4H8ClNO4S2/c5-12(9,10)6-1-3-11(7,8)4-2-6/h1-4H2. The van der Waals surface area contributed by atoms with Crippen LogP contribution in [-0.4, -0.2) is 45.7 Å². The number of halogens is 1. The molecule has 0 saturated carbocycles. The summed E-state index contributed by atoms with van der Waals surface area (Å²) in [6, 6.07) is 0. The topological polar surface area (TPSA) is 71.5 Å². The molecule has 0 aliphatic carbocycles. The minimum Gasteiger partial charge on any atom is -0.229 e. The molecule has 1 aliphatic rings. The van der Waals surface area contributed by atoms with Gasteiger partial charge in [0.15, 0.2) is 9.84 Å². The summed E-state index contributed by atoms with van der Waals surface area (Å²) < 4.78 is 44.1. The maximum atomic E-state index is 10.9. The first-order valence-electron chi connectivity index (χ1n) is 3.21. The highest BCUT2D eigenvalue weighted by Gasteiger charge is 2.28. The SMILES string of the molecule is O=S1(=O)CCN(S(=O)(=O)Cl)CC1. The molecule has 1 heterocycles. The van der Waals surface area contributed by atoms with Crippen LogP contribution in [-0.2, 0) is 19.1 Å². The van der Waals surface area contributed by atoms with Gasteiger partial charge in [-0.1, -0.05) is 0 Å². The quantitative estimate of drug-likeness (QED) is 0.556. The Bertz CT molecular complexity index is 345. The van der Waals surface area contributed by atoms with Crippen LogP contribution in [0.25, 0.3) is 0 Å². The van der Waals surface area contributed by atoms with Crippen molar-refractivity contribution < 1.29 is 16.8 Å². The zero-order chi connectivity index (χ0) is 9.41. The second-order valence-corrected chi connectivity index (χ2v) is 7.31. The Hall–Kier alpha value is 0.150. The van der Waals surface area contributed by atoms with E-state index in [9.17, 15) is 16.8 Å². The molecule has 0 amide bonds. The molecule has 72 valence electrons. The van der Waals surface area contributed by atoms with Crippen molar-refractivity contribution in [3.05, 3.63) is 0 Å². The molecule has 0 spiro atoms. The molecule has 0 aromatic carbocycles. The lowest BCUT2D eigenvalue weighted by Gasteiger charge is -2.22. The normalized spacial score (nSPS) is 25.4. The van der Waals surface area contributed by atoms with Gasteiger partial charge < -0.3 is 0 Å². The van der Waals surface area contributed by atoms with Crippen LogP contribution in [0.3, 0.4) is 0 Å².